The minimum absolute atomic E-state index is 0.0860. The molecular weight excluding hydrogens is 265 g/mol. The van der Waals surface area contributed by atoms with Crippen LogP contribution in [0.1, 0.15) is 45.1 Å². The summed E-state index contributed by atoms with van der Waals surface area (Å²) in [7, 11) is 0. The second-order valence-corrected chi connectivity index (χ2v) is 5.04. The van der Waals surface area contributed by atoms with E-state index >= 15 is 0 Å². The number of alkyl halides is 2. The zero-order chi connectivity index (χ0) is 15.2. The van der Waals surface area contributed by atoms with Crippen molar-refractivity contribution in [1.29, 1.82) is 0 Å². The van der Waals surface area contributed by atoms with Crippen LogP contribution in [0.4, 0.5) is 13.2 Å². The lowest BCUT2D eigenvalue weighted by molar-refractivity contribution is -0.0499. The van der Waals surface area contributed by atoms with E-state index in [-0.39, 0.29) is 24.5 Å². The van der Waals surface area contributed by atoms with Gasteiger partial charge in [0.2, 0.25) is 5.92 Å². The van der Waals surface area contributed by atoms with Crippen LogP contribution < -0.4 is 4.74 Å². The summed E-state index contributed by atoms with van der Waals surface area (Å²) in [6, 6.07) is 4.66. The molecule has 0 atom stereocenters. The number of hydrogen-bond acceptors (Lipinski definition) is 1. The maximum absolute atomic E-state index is 13.4. The first kappa shape index (κ1) is 16.9. The van der Waals surface area contributed by atoms with Crippen LogP contribution in [-0.4, -0.2) is 12.5 Å². The Labute approximate surface area is 119 Å². The lowest BCUT2D eigenvalue weighted by Gasteiger charge is -2.28. The zero-order valence-corrected chi connectivity index (χ0v) is 12.4. The Kier molecular flexibility index (Phi) is 6.37. The second kappa shape index (κ2) is 7.55. The third kappa shape index (κ3) is 5.06. The van der Waals surface area contributed by atoms with Gasteiger partial charge in [-0.2, -0.15) is 0 Å². The number of halogens is 3. The molecule has 0 unspecified atom stereocenters. The van der Waals surface area contributed by atoms with Crippen molar-refractivity contribution in [2.24, 2.45) is 5.92 Å². The summed E-state index contributed by atoms with van der Waals surface area (Å²) in [4.78, 5) is 0. The van der Waals surface area contributed by atoms with Crippen molar-refractivity contribution in [2.75, 3.05) is 6.61 Å². The maximum Gasteiger partial charge on any atom is 0.248 e. The predicted molar refractivity (Wildman–Crippen MR) is 74.9 cm³/mol. The van der Waals surface area contributed by atoms with E-state index in [1.54, 1.807) is 12.1 Å². The van der Waals surface area contributed by atoms with Crippen LogP contribution in [0, 0.1) is 18.7 Å². The van der Waals surface area contributed by atoms with E-state index in [2.05, 4.69) is 0 Å². The standard InChI is InChI=1S/C14H17F3O.C2H6/c1-10-2-3-12(15)13(8-10)18-9-11-4-6-14(16,17)7-5-11;1-2/h2-3,8,11H,4-7,9H2,1H3;1-2H3. The Hall–Kier alpha value is -1.19. The topological polar surface area (TPSA) is 9.23 Å². The molecule has 0 aromatic heterocycles. The van der Waals surface area contributed by atoms with E-state index in [0.29, 0.717) is 19.4 Å². The first-order valence-corrected chi connectivity index (χ1v) is 7.23. The molecule has 0 radical (unpaired) electrons. The van der Waals surface area contributed by atoms with Crippen LogP contribution in [0.3, 0.4) is 0 Å². The molecule has 0 N–H and O–H groups in total. The van der Waals surface area contributed by atoms with Gasteiger partial charge in [0.1, 0.15) is 0 Å². The van der Waals surface area contributed by atoms with Crippen molar-refractivity contribution in [1.82, 2.24) is 0 Å². The summed E-state index contributed by atoms with van der Waals surface area (Å²) < 4.78 is 44.7. The van der Waals surface area contributed by atoms with Gasteiger partial charge in [-0.3, -0.25) is 0 Å². The summed E-state index contributed by atoms with van der Waals surface area (Å²) in [6.45, 7) is 6.17. The molecule has 0 saturated heterocycles. The van der Waals surface area contributed by atoms with Crippen molar-refractivity contribution in [2.45, 2.75) is 52.4 Å². The Morgan fingerprint density at radius 1 is 1.20 bits per heavy atom. The molecule has 1 aliphatic carbocycles. The number of rotatable bonds is 3. The Bertz CT molecular complexity index is 408. The van der Waals surface area contributed by atoms with E-state index in [1.165, 1.54) is 6.07 Å². The molecule has 4 heteroatoms. The zero-order valence-electron chi connectivity index (χ0n) is 12.4. The minimum Gasteiger partial charge on any atom is -0.490 e. The van der Waals surface area contributed by atoms with Crippen molar-refractivity contribution in [3.63, 3.8) is 0 Å². The molecule has 0 amide bonds. The average Bonchev–Trinajstić information content (AvgIpc) is 2.43. The molecule has 0 aliphatic heterocycles. The van der Waals surface area contributed by atoms with E-state index in [0.717, 1.165) is 5.56 Å². The lowest BCUT2D eigenvalue weighted by Crippen LogP contribution is -2.27. The van der Waals surface area contributed by atoms with Crippen molar-refractivity contribution in [3.05, 3.63) is 29.6 Å². The quantitative estimate of drug-likeness (QED) is 0.727. The van der Waals surface area contributed by atoms with Crippen LogP contribution in [-0.2, 0) is 0 Å². The normalized spacial score (nSPS) is 18.1. The predicted octanol–water partition coefficient (Wildman–Crippen LogP) is 5.36. The molecule has 1 aromatic carbocycles. The summed E-state index contributed by atoms with van der Waals surface area (Å²) in [5.41, 5.74) is 0.918. The summed E-state index contributed by atoms with van der Waals surface area (Å²) in [6.07, 6.45) is 0.718. The number of ether oxygens (including phenoxy) is 1. The van der Waals surface area contributed by atoms with Gasteiger partial charge in [0.05, 0.1) is 6.61 Å². The number of aryl methyl sites for hydroxylation is 1. The van der Waals surface area contributed by atoms with E-state index in [1.807, 2.05) is 20.8 Å². The van der Waals surface area contributed by atoms with Gasteiger partial charge in [-0.15, -0.1) is 0 Å². The van der Waals surface area contributed by atoms with Crippen LogP contribution >= 0.6 is 0 Å². The van der Waals surface area contributed by atoms with Crippen LogP contribution in [0.2, 0.25) is 0 Å². The van der Waals surface area contributed by atoms with Gasteiger partial charge in [0.15, 0.2) is 11.6 Å². The fourth-order valence-corrected chi connectivity index (χ4v) is 2.20. The largest absolute Gasteiger partial charge is 0.490 e. The Morgan fingerprint density at radius 2 is 1.80 bits per heavy atom. The van der Waals surface area contributed by atoms with E-state index in [9.17, 15) is 13.2 Å². The first-order chi connectivity index (χ1) is 9.46. The lowest BCUT2D eigenvalue weighted by atomic mass is 9.87. The molecule has 1 aromatic rings. The van der Waals surface area contributed by atoms with Gasteiger partial charge in [-0.1, -0.05) is 19.9 Å². The molecule has 20 heavy (non-hydrogen) atoms. The average molecular weight is 288 g/mol. The Balaban J connectivity index is 0.000000956. The van der Waals surface area contributed by atoms with Crippen molar-refractivity contribution in [3.8, 4) is 5.75 Å². The smallest absolute Gasteiger partial charge is 0.248 e. The second-order valence-electron chi connectivity index (χ2n) is 5.04. The molecule has 1 fully saturated rings. The highest BCUT2D eigenvalue weighted by molar-refractivity contribution is 5.29. The highest BCUT2D eigenvalue weighted by Crippen LogP contribution is 2.36. The number of hydrogen-bond donors (Lipinski definition) is 0. The third-order valence-corrected chi connectivity index (χ3v) is 3.40. The first-order valence-electron chi connectivity index (χ1n) is 7.23. The molecule has 114 valence electrons. The van der Waals surface area contributed by atoms with Crippen molar-refractivity contribution >= 4 is 0 Å². The van der Waals surface area contributed by atoms with Gasteiger partial charge in [0, 0.05) is 12.8 Å². The van der Waals surface area contributed by atoms with Crippen LogP contribution in [0.5, 0.6) is 5.75 Å². The van der Waals surface area contributed by atoms with Gasteiger partial charge >= 0.3 is 0 Å². The van der Waals surface area contributed by atoms with Crippen molar-refractivity contribution < 1.29 is 17.9 Å². The Morgan fingerprint density at radius 3 is 2.40 bits per heavy atom. The van der Waals surface area contributed by atoms with Gasteiger partial charge in [0.25, 0.3) is 0 Å². The molecule has 2 rings (SSSR count). The van der Waals surface area contributed by atoms with Gasteiger partial charge < -0.3 is 4.74 Å². The van der Waals surface area contributed by atoms with Gasteiger partial charge in [-0.25, -0.2) is 13.2 Å². The summed E-state index contributed by atoms with van der Waals surface area (Å²) in [5, 5.41) is 0. The highest BCUT2D eigenvalue weighted by atomic mass is 19.3. The SMILES string of the molecule is CC.Cc1ccc(F)c(OCC2CCC(F)(F)CC2)c1. The molecule has 1 aliphatic rings. The molecule has 1 saturated carbocycles. The molecule has 0 bridgehead atoms. The molecule has 1 nitrogen and oxygen atoms in total. The molecular formula is C16H23F3O. The molecule has 0 heterocycles. The number of benzene rings is 1. The van der Waals surface area contributed by atoms with E-state index in [4.69, 9.17) is 4.74 Å². The van der Waals surface area contributed by atoms with Gasteiger partial charge in [-0.05, 0) is 43.4 Å². The third-order valence-electron chi connectivity index (χ3n) is 3.40. The summed E-state index contributed by atoms with van der Waals surface area (Å²) in [5.74, 6) is -2.61. The fourth-order valence-electron chi connectivity index (χ4n) is 2.20. The molecule has 0 spiro atoms. The van der Waals surface area contributed by atoms with Crippen LogP contribution in [0.25, 0.3) is 0 Å². The van der Waals surface area contributed by atoms with E-state index < -0.39 is 11.7 Å². The monoisotopic (exact) mass is 288 g/mol. The minimum atomic E-state index is -2.52. The highest BCUT2D eigenvalue weighted by Gasteiger charge is 2.35. The van der Waals surface area contributed by atoms with Crippen LogP contribution in [0.15, 0.2) is 18.2 Å². The summed E-state index contributed by atoms with van der Waals surface area (Å²) >= 11 is 0. The fraction of sp³-hybridized carbons (Fsp3) is 0.625. The maximum atomic E-state index is 13.4.